The number of carboxylic acid groups (broad SMARTS) is 1. The highest BCUT2D eigenvalue weighted by Gasteiger charge is 2.14. The van der Waals surface area contributed by atoms with Crippen molar-refractivity contribution in [2.24, 2.45) is 0 Å². The van der Waals surface area contributed by atoms with Gasteiger partial charge < -0.3 is 9.84 Å². The van der Waals surface area contributed by atoms with Gasteiger partial charge in [-0.2, -0.15) is 0 Å². The quantitative estimate of drug-likeness (QED) is 0.0741. The first-order valence-electron chi connectivity index (χ1n) is 14.8. The van der Waals surface area contributed by atoms with E-state index in [4.69, 9.17) is 9.84 Å². The number of aliphatic carboxylic acids is 1. The first-order chi connectivity index (χ1) is 17.1. The van der Waals surface area contributed by atoms with E-state index in [9.17, 15) is 9.59 Å². The lowest BCUT2D eigenvalue weighted by molar-refractivity contribution is -0.150. The van der Waals surface area contributed by atoms with E-state index in [0.29, 0.717) is 6.42 Å². The Kier molecular flexibility index (Phi) is 25.8. The number of carbonyl (C=O) groups excluding carboxylic acids is 1. The molecular formula is C31H56O4. The number of ether oxygens (including phenoxy) is 1. The van der Waals surface area contributed by atoms with Crippen LogP contribution >= 0.6 is 0 Å². The molecule has 35 heavy (non-hydrogen) atoms. The van der Waals surface area contributed by atoms with Crippen molar-refractivity contribution < 1.29 is 19.4 Å². The molecule has 0 aliphatic heterocycles. The summed E-state index contributed by atoms with van der Waals surface area (Å²) in [5, 5.41) is 8.73. The molecule has 0 aromatic heterocycles. The second-order valence-corrected chi connectivity index (χ2v) is 9.94. The maximum absolute atomic E-state index is 12.3. The molecule has 0 rings (SSSR count). The predicted octanol–water partition coefficient (Wildman–Crippen LogP) is 9.72. The number of hydrogen-bond acceptors (Lipinski definition) is 3. The average Bonchev–Trinajstić information content (AvgIpc) is 2.83. The minimum atomic E-state index is -0.709. The number of esters is 1. The highest BCUT2D eigenvalue weighted by Crippen LogP contribution is 2.17. The van der Waals surface area contributed by atoms with Crippen LogP contribution in [0.5, 0.6) is 0 Å². The van der Waals surface area contributed by atoms with Gasteiger partial charge in [-0.15, -0.1) is 0 Å². The molecule has 1 N–H and O–H groups in total. The molecule has 0 fully saturated rings. The van der Waals surface area contributed by atoms with Gasteiger partial charge >= 0.3 is 11.9 Å². The molecule has 1 unspecified atom stereocenters. The van der Waals surface area contributed by atoms with E-state index in [0.717, 1.165) is 77.0 Å². The molecule has 0 aromatic carbocycles. The minimum Gasteiger partial charge on any atom is -0.481 e. The molecule has 0 spiro atoms. The topological polar surface area (TPSA) is 63.6 Å². The van der Waals surface area contributed by atoms with Crippen LogP contribution in [0, 0.1) is 0 Å². The number of carboxylic acids is 1. The molecule has 0 aliphatic carbocycles. The third kappa shape index (κ3) is 26.9. The van der Waals surface area contributed by atoms with Crippen molar-refractivity contribution in [2.75, 3.05) is 0 Å². The van der Waals surface area contributed by atoms with Crippen LogP contribution in [0.3, 0.4) is 0 Å². The normalized spacial score (nSPS) is 12.5. The smallest absolute Gasteiger partial charge is 0.306 e. The monoisotopic (exact) mass is 492 g/mol. The van der Waals surface area contributed by atoms with Crippen LogP contribution in [0.2, 0.25) is 0 Å². The summed E-state index contributed by atoms with van der Waals surface area (Å²) < 4.78 is 5.85. The van der Waals surface area contributed by atoms with Gasteiger partial charge in [0.2, 0.25) is 0 Å². The molecule has 0 heterocycles. The Bertz CT molecular complexity index is 538. The Hall–Kier alpha value is -1.58. The minimum absolute atomic E-state index is 0.0219. The summed E-state index contributed by atoms with van der Waals surface area (Å²) in [5.74, 6) is -0.748. The Labute approximate surface area is 217 Å². The third-order valence-corrected chi connectivity index (χ3v) is 6.43. The molecule has 0 aromatic rings. The van der Waals surface area contributed by atoms with Crippen LogP contribution in [-0.2, 0) is 14.3 Å². The van der Waals surface area contributed by atoms with E-state index in [1.165, 1.54) is 51.4 Å². The Balaban J connectivity index is 4.11. The molecule has 0 amide bonds. The highest BCUT2D eigenvalue weighted by molar-refractivity contribution is 5.69. The highest BCUT2D eigenvalue weighted by atomic mass is 16.5. The molecule has 0 saturated heterocycles. The molecule has 4 heteroatoms. The zero-order chi connectivity index (χ0) is 25.8. The summed E-state index contributed by atoms with van der Waals surface area (Å²) in [6.45, 7) is 4.43. The molecule has 204 valence electrons. The van der Waals surface area contributed by atoms with Crippen molar-refractivity contribution in [3.05, 3.63) is 24.3 Å². The fourth-order valence-corrected chi connectivity index (χ4v) is 4.22. The second-order valence-electron chi connectivity index (χ2n) is 9.94. The maximum Gasteiger partial charge on any atom is 0.306 e. The van der Waals surface area contributed by atoms with E-state index >= 15 is 0 Å². The van der Waals surface area contributed by atoms with Crippen LogP contribution in [0.1, 0.15) is 155 Å². The number of unbranched alkanes of at least 4 members (excludes halogenated alkanes) is 13. The Morgan fingerprint density at radius 3 is 1.83 bits per heavy atom. The van der Waals surface area contributed by atoms with Crippen LogP contribution in [0.4, 0.5) is 0 Å². The van der Waals surface area contributed by atoms with E-state index in [-0.39, 0.29) is 18.5 Å². The van der Waals surface area contributed by atoms with Crippen molar-refractivity contribution >= 4 is 11.9 Å². The summed E-state index contributed by atoms with van der Waals surface area (Å²) in [4.78, 5) is 22.9. The first kappa shape index (κ1) is 33.4. The van der Waals surface area contributed by atoms with Crippen molar-refractivity contribution in [3.63, 3.8) is 0 Å². The van der Waals surface area contributed by atoms with E-state index in [1.807, 2.05) is 0 Å². The fraction of sp³-hybridized carbons (Fsp3) is 0.806. The SMILES string of the molecule is CCCCCCC/C=C\C/C=C\CCCC(CCCCCCCC(=O)O)OC(=O)CCCCCC. The predicted molar refractivity (Wildman–Crippen MR) is 149 cm³/mol. The first-order valence-corrected chi connectivity index (χ1v) is 14.8. The van der Waals surface area contributed by atoms with Crippen LogP contribution < -0.4 is 0 Å². The van der Waals surface area contributed by atoms with Gasteiger partial charge in [-0.25, -0.2) is 0 Å². The standard InChI is InChI=1S/C31H56O4/c1-3-5-7-9-10-11-12-13-14-15-16-18-21-25-29(35-31(34)28-24-8-6-4-2)26-22-19-17-20-23-27-30(32)33/h12-13,15-16,29H,3-11,14,17-28H2,1-2H3,(H,32,33)/b13-12-,16-15-. The molecular weight excluding hydrogens is 436 g/mol. The van der Waals surface area contributed by atoms with E-state index < -0.39 is 5.97 Å². The van der Waals surface area contributed by atoms with Gasteiger partial charge in [0.25, 0.3) is 0 Å². The van der Waals surface area contributed by atoms with Gasteiger partial charge in [0, 0.05) is 12.8 Å². The fourth-order valence-electron chi connectivity index (χ4n) is 4.22. The Morgan fingerprint density at radius 1 is 0.629 bits per heavy atom. The lowest BCUT2D eigenvalue weighted by atomic mass is 10.0. The third-order valence-electron chi connectivity index (χ3n) is 6.43. The van der Waals surface area contributed by atoms with Crippen LogP contribution in [0.25, 0.3) is 0 Å². The second kappa shape index (κ2) is 27.0. The molecule has 4 nitrogen and oxygen atoms in total. The average molecular weight is 493 g/mol. The maximum atomic E-state index is 12.3. The molecule has 0 aliphatic rings. The molecule has 0 radical (unpaired) electrons. The van der Waals surface area contributed by atoms with E-state index in [2.05, 4.69) is 38.2 Å². The van der Waals surface area contributed by atoms with Crippen molar-refractivity contribution in [1.82, 2.24) is 0 Å². The van der Waals surface area contributed by atoms with Crippen LogP contribution in [-0.4, -0.2) is 23.1 Å². The number of carbonyl (C=O) groups is 2. The molecule has 1 atom stereocenters. The van der Waals surface area contributed by atoms with E-state index in [1.54, 1.807) is 0 Å². The lowest BCUT2D eigenvalue weighted by Gasteiger charge is -2.18. The summed E-state index contributed by atoms with van der Waals surface area (Å²) in [7, 11) is 0. The van der Waals surface area contributed by atoms with Gasteiger partial charge in [-0.3, -0.25) is 9.59 Å². The van der Waals surface area contributed by atoms with Gasteiger partial charge in [0.15, 0.2) is 0 Å². The van der Waals surface area contributed by atoms with Crippen molar-refractivity contribution in [1.29, 1.82) is 0 Å². The van der Waals surface area contributed by atoms with Crippen molar-refractivity contribution in [3.8, 4) is 0 Å². The van der Waals surface area contributed by atoms with Gasteiger partial charge in [-0.1, -0.05) is 102 Å². The summed E-state index contributed by atoms with van der Waals surface area (Å²) in [6.07, 6.45) is 32.0. The van der Waals surface area contributed by atoms with Crippen molar-refractivity contribution in [2.45, 2.75) is 161 Å². The number of allylic oxidation sites excluding steroid dienone is 4. The van der Waals surface area contributed by atoms with Gasteiger partial charge in [0.1, 0.15) is 6.10 Å². The zero-order valence-corrected chi connectivity index (χ0v) is 23.1. The van der Waals surface area contributed by atoms with Gasteiger partial charge in [-0.05, 0) is 64.2 Å². The molecule has 0 saturated carbocycles. The zero-order valence-electron chi connectivity index (χ0n) is 23.1. The van der Waals surface area contributed by atoms with Crippen LogP contribution in [0.15, 0.2) is 24.3 Å². The number of hydrogen-bond donors (Lipinski definition) is 1. The number of rotatable bonds is 26. The Morgan fingerprint density at radius 2 is 1.14 bits per heavy atom. The summed E-state index contributed by atoms with van der Waals surface area (Å²) >= 11 is 0. The largest absolute Gasteiger partial charge is 0.481 e. The summed E-state index contributed by atoms with van der Waals surface area (Å²) in [5.41, 5.74) is 0. The summed E-state index contributed by atoms with van der Waals surface area (Å²) in [6, 6.07) is 0. The molecule has 0 bridgehead atoms. The van der Waals surface area contributed by atoms with Gasteiger partial charge in [0.05, 0.1) is 0 Å². The lowest BCUT2D eigenvalue weighted by Crippen LogP contribution is -2.18.